The Balaban J connectivity index is 1.72. The van der Waals surface area contributed by atoms with E-state index < -0.39 is 51.6 Å². The van der Waals surface area contributed by atoms with Gasteiger partial charge < -0.3 is 20.5 Å². The fourth-order valence-electron chi connectivity index (χ4n) is 4.70. The van der Waals surface area contributed by atoms with Gasteiger partial charge in [-0.05, 0) is 73.5 Å². The first kappa shape index (κ1) is 33.1. The molecule has 9 nitrogen and oxygen atoms in total. The zero-order valence-corrected chi connectivity index (χ0v) is 25.6. The van der Waals surface area contributed by atoms with Crippen molar-refractivity contribution in [3.8, 4) is 5.75 Å². The van der Waals surface area contributed by atoms with Crippen LogP contribution in [0.4, 0.5) is 18.9 Å². The minimum atomic E-state index is -4.73. The van der Waals surface area contributed by atoms with Gasteiger partial charge in [0.25, 0.3) is 15.9 Å². The second kappa shape index (κ2) is 13.0. The minimum absolute atomic E-state index is 0.0305. The number of hydrogen-bond donors (Lipinski definition) is 3. The predicted octanol–water partition coefficient (Wildman–Crippen LogP) is 4.86. The molecule has 0 fully saturated rings. The summed E-state index contributed by atoms with van der Waals surface area (Å²) in [5, 5.41) is 14.6. The summed E-state index contributed by atoms with van der Waals surface area (Å²) in [5.74, 6) is -2.39. The van der Waals surface area contributed by atoms with Gasteiger partial charge in [0, 0.05) is 17.1 Å². The Morgan fingerprint density at radius 1 is 1.09 bits per heavy atom. The van der Waals surface area contributed by atoms with E-state index in [9.17, 15) is 36.3 Å². The zero-order chi connectivity index (χ0) is 32.4. The molecule has 1 heterocycles. The number of anilines is 1. The number of aliphatic hydroxyl groups excluding tert-OH is 1. The van der Waals surface area contributed by atoms with Crippen LogP contribution in [0.5, 0.6) is 5.75 Å². The molecule has 0 aliphatic carbocycles. The Labute approximate surface area is 258 Å². The molecule has 1 aliphatic heterocycles. The van der Waals surface area contributed by atoms with Crippen LogP contribution in [0, 0.1) is 12.8 Å². The molecule has 3 N–H and O–H groups in total. The molecular weight excluding hydrogens is 623 g/mol. The maximum Gasteiger partial charge on any atom is 0.416 e. The summed E-state index contributed by atoms with van der Waals surface area (Å²) < 4.78 is 74.7. The number of rotatable bonds is 9. The van der Waals surface area contributed by atoms with Crippen LogP contribution in [0.3, 0.4) is 0 Å². The number of fused-ring (bicyclic) bond motifs is 1. The average molecular weight is 654 g/mol. The van der Waals surface area contributed by atoms with Gasteiger partial charge in [-0.15, -0.1) is 0 Å². The highest BCUT2D eigenvalue weighted by molar-refractivity contribution is 7.92. The fraction of sp³-hybridized carbons (Fsp3) is 0.333. The number of halogens is 4. The molecule has 0 saturated heterocycles. The molecule has 3 atom stereocenters. The Bertz CT molecular complexity index is 1670. The average Bonchev–Trinajstić information content (AvgIpc) is 2.97. The molecule has 0 saturated carbocycles. The normalized spacial score (nSPS) is 15.4. The van der Waals surface area contributed by atoms with Gasteiger partial charge in [-0.25, -0.2) is 8.42 Å². The molecule has 14 heteroatoms. The smallest absolute Gasteiger partial charge is 0.416 e. The first-order chi connectivity index (χ1) is 20.6. The monoisotopic (exact) mass is 653 g/mol. The van der Waals surface area contributed by atoms with Gasteiger partial charge in [-0.3, -0.25) is 13.9 Å². The number of alkyl halides is 3. The van der Waals surface area contributed by atoms with E-state index in [2.05, 4.69) is 10.6 Å². The van der Waals surface area contributed by atoms with Crippen LogP contribution < -0.4 is 19.7 Å². The number of ether oxygens (including phenoxy) is 1. The number of carbonyl (C=O) groups is 2. The lowest BCUT2D eigenvalue weighted by Gasteiger charge is -2.31. The van der Waals surface area contributed by atoms with Gasteiger partial charge in [0.2, 0.25) is 5.91 Å². The molecule has 44 heavy (non-hydrogen) atoms. The zero-order valence-electron chi connectivity index (χ0n) is 24.0. The van der Waals surface area contributed by atoms with Crippen molar-refractivity contribution in [3.05, 3.63) is 87.9 Å². The van der Waals surface area contributed by atoms with Gasteiger partial charge in [0.1, 0.15) is 12.4 Å². The largest absolute Gasteiger partial charge is 0.489 e. The van der Waals surface area contributed by atoms with Crippen LogP contribution >= 0.6 is 11.6 Å². The molecule has 0 unspecified atom stereocenters. The summed E-state index contributed by atoms with van der Waals surface area (Å²) >= 11 is 6.30. The predicted molar refractivity (Wildman–Crippen MR) is 158 cm³/mol. The molecule has 0 spiro atoms. The van der Waals surface area contributed by atoms with E-state index in [0.717, 1.165) is 28.1 Å². The van der Waals surface area contributed by atoms with Crippen molar-refractivity contribution >= 4 is 39.1 Å². The van der Waals surface area contributed by atoms with Crippen LogP contribution in [-0.4, -0.2) is 51.1 Å². The minimum Gasteiger partial charge on any atom is -0.489 e. The lowest BCUT2D eigenvalue weighted by molar-refractivity contribution is -0.137. The van der Waals surface area contributed by atoms with E-state index in [1.165, 1.54) is 44.2 Å². The van der Waals surface area contributed by atoms with E-state index in [-0.39, 0.29) is 52.2 Å². The third kappa shape index (κ3) is 7.28. The molecular formula is C30H31ClF3N3O6S. The van der Waals surface area contributed by atoms with E-state index in [4.69, 9.17) is 16.3 Å². The summed E-state index contributed by atoms with van der Waals surface area (Å²) in [6, 6.07) is 11.7. The van der Waals surface area contributed by atoms with Crippen LogP contribution in [0.15, 0.2) is 65.6 Å². The highest BCUT2D eigenvalue weighted by Gasteiger charge is 2.35. The third-order valence-corrected chi connectivity index (χ3v) is 9.20. The summed E-state index contributed by atoms with van der Waals surface area (Å²) in [6.45, 7) is 4.51. The van der Waals surface area contributed by atoms with Crippen molar-refractivity contribution in [1.29, 1.82) is 0 Å². The number of aryl methyl sites for hydroxylation is 1. The number of nitrogens with one attached hydrogen (secondary N) is 2. The lowest BCUT2D eigenvalue weighted by atomic mass is 9.91. The Kier molecular flexibility index (Phi) is 9.81. The van der Waals surface area contributed by atoms with Gasteiger partial charge in [-0.2, -0.15) is 13.2 Å². The van der Waals surface area contributed by atoms with Crippen molar-refractivity contribution < 1.29 is 41.0 Å². The van der Waals surface area contributed by atoms with Crippen molar-refractivity contribution in [3.63, 3.8) is 0 Å². The molecule has 4 rings (SSSR count). The number of carbonyl (C=O) groups excluding carboxylic acids is 2. The second-order valence-corrected chi connectivity index (χ2v) is 12.8. The molecule has 0 aromatic heterocycles. The maximum absolute atomic E-state index is 13.6. The van der Waals surface area contributed by atoms with Gasteiger partial charge in [-0.1, -0.05) is 30.7 Å². The number of amides is 2. The number of nitrogens with zero attached hydrogens (tertiary/aromatic N) is 1. The highest BCUT2D eigenvalue weighted by atomic mass is 35.5. The molecule has 0 bridgehead atoms. The quantitative estimate of drug-likeness (QED) is 0.303. The molecule has 236 valence electrons. The first-order valence-electron chi connectivity index (χ1n) is 13.6. The van der Waals surface area contributed by atoms with E-state index in [0.29, 0.717) is 0 Å². The molecule has 2 amide bonds. The van der Waals surface area contributed by atoms with Crippen LogP contribution in [0.25, 0.3) is 0 Å². The number of sulfonamides is 1. The van der Waals surface area contributed by atoms with Crippen molar-refractivity contribution in [2.24, 2.45) is 5.92 Å². The SMILES string of the molecule is Cc1cccc(S(=O)(=O)N2CCOc3ccc(C(=O)N[C@H](c4cc(C(F)(F)F)ccc4Cl)[C@@H](C)C(=O)NC[C@@H](C)O)cc32)c1. The topological polar surface area (TPSA) is 125 Å². The number of aliphatic hydroxyl groups is 1. The third-order valence-electron chi connectivity index (χ3n) is 7.05. The van der Waals surface area contributed by atoms with Crippen molar-refractivity contribution in [2.45, 2.75) is 44.0 Å². The standard InChI is InChI=1S/C30H31ClF3N3O6S/c1-17-5-4-6-22(13-17)44(41,42)37-11-12-43-26-10-7-20(14-25(26)37)29(40)36-27(19(3)28(39)35-16-18(2)38)23-15-21(30(32,33)34)8-9-24(23)31/h4-10,13-15,18-19,27,38H,11-12,16H2,1-3H3,(H,35,39)(H,36,40)/t18-,19-,27+/m1/s1. The lowest BCUT2D eigenvalue weighted by Crippen LogP contribution is -2.42. The van der Waals surface area contributed by atoms with Crippen molar-refractivity contribution in [2.75, 3.05) is 24.0 Å². The number of benzene rings is 3. The van der Waals surface area contributed by atoms with Crippen LogP contribution in [0.2, 0.25) is 5.02 Å². The summed E-state index contributed by atoms with van der Waals surface area (Å²) in [5.41, 5.74) is -0.390. The molecule has 3 aromatic carbocycles. The second-order valence-electron chi connectivity index (χ2n) is 10.5. The summed E-state index contributed by atoms with van der Waals surface area (Å²) in [4.78, 5) is 26.6. The Hall–Kier alpha value is -3.81. The number of hydrogen-bond acceptors (Lipinski definition) is 6. The van der Waals surface area contributed by atoms with Gasteiger partial charge in [0.05, 0.1) is 40.8 Å². The Morgan fingerprint density at radius 3 is 2.48 bits per heavy atom. The highest BCUT2D eigenvalue weighted by Crippen LogP contribution is 2.38. The molecule has 1 aliphatic rings. The van der Waals surface area contributed by atoms with E-state index in [1.807, 2.05) is 0 Å². The fourth-order valence-corrected chi connectivity index (χ4v) is 6.49. The van der Waals surface area contributed by atoms with Crippen molar-refractivity contribution in [1.82, 2.24) is 10.6 Å². The maximum atomic E-state index is 13.6. The van der Waals surface area contributed by atoms with Crippen LogP contribution in [0.1, 0.15) is 46.9 Å². The van der Waals surface area contributed by atoms with Gasteiger partial charge >= 0.3 is 6.18 Å². The first-order valence-corrected chi connectivity index (χ1v) is 15.4. The van der Waals surface area contributed by atoms with Crippen LogP contribution in [-0.2, 0) is 21.0 Å². The summed E-state index contributed by atoms with van der Waals surface area (Å²) in [7, 11) is -4.04. The summed E-state index contributed by atoms with van der Waals surface area (Å²) in [6.07, 6.45) is -5.62. The van der Waals surface area contributed by atoms with E-state index >= 15 is 0 Å². The van der Waals surface area contributed by atoms with E-state index in [1.54, 1.807) is 19.1 Å². The van der Waals surface area contributed by atoms with Gasteiger partial charge in [0.15, 0.2) is 0 Å². The Morgan fingerprint density at radius 2 is 1.82 bits per heavy atom. The molecule has 3 aromatic rings. The molecule has 0 radical (unpaired) electrons.